The number of hydrogen-bond donors (Lipinski definition) is 0. The normalized spacial score (nSPS) is 11.8. The van der Waals surface area contributed by atoms with Crippen molar-refractivity contribution in [2.75, 3.05) is 0 Å². The molecule has 0 radical (unpaired) electrons. The Morgan fingerprint density at radius 2 is 0.849 bits per heavy atom. The lowest BCUT2D eigenvalue weighted by molar-refractivity contribution is 0.672. The van der Waals surface area contributed by atoms with E-state index in [-0.39, 0.29) is 0 Å². The van der Waals surface area contributed by atoms with Crippen molar-refractivity contribution in [1.29, 1.82) is 0 Å². The molecule has 0 saturated carbocycles. The van der Waals surface area contributed by atoms with E-state index in [1.54, 1.807) is 0 Å². The summed E-state index contributed by atoms with van der Waals surface area (Å²) in [6.45, 7) is 0. The second-order valence-electron chi connectivity index (χ2n) is 13.4. The zero-order chi connectivity index (χ0) is 34.9. The number of pyridine rings is 1. The molecule has 11 aromatic rings. The van der Waals surface area contributed by atoms with E-state index in [9.17, 15) is 0 Å². The van der Waals surface area contributed by atoms with E-state index in [1.165, 1.54) is 32.3 Å². The quantitative estimate of drug-likeness (QED) is 0.174. The molecule has 3 aromatic heterocycles. The van der Waals surface area contributed by atoms with Crippen molar-refractivity contribution in [3.63, 3.8) is 0 Å². The average molecular weight is 677 g/mol. The van der Waals surface area contributed by atoms with Crippen molar-refractivity contribution >= 4 is 65.2 Å². The summed E-state index contributed by atoms with van der Waals surface area (Å²) in [5.74, 6) is 1.75. The summed E-state index contributed by atoms with van der Waals surface area (Å²) in [5, 5.41) is 10.2. The van der Waals surface area contributed by atoms with E-state index in [4.69, 9.17) is 24.4 Å². The van der Waals surface area contributed by atoms with Gasteiger partial charge in [0.25, 0.3) is 0 Å². The molecular formula is C48H28N4O. The summed E-state index contributed by atoms with van der Waals surface area (Å²) >= 11 is 0. The van der Waals surface area contributed by atoms with Crippen molar-refractivity contribution in [3.05, 3.63) is 170 Å². The Morgan fingerprint density at radius 3 is 1.49 bits per heavy atom. The Morgan fingerprint density at radius 1 is 0.340 bits per heavy atom. The lowest BCUT2D eigenvalue weighted by Gasteiger charge is -2.14. The monoisotopic (exact) mass is 676 g/mol. The van der Waals surface area contributed by atoms with Gasteiger partial charge in [-0.15, -0.1) is 0 Å². The zero-order valence-electron chi connectivity index (χ0n) is 28.4. The first-order valence-corrected chi connectivity index (χ1v) is 17.7. The fraction of sp³-hybridized carbons (Fsp3) is 0. The van der Waals surface area contributed by atoms with Gasteiger partial charge in [-0.3, -0.25) is 0 Å². The molecule has 11 rings (SSSR count). The van der Waals surface area contributed by atoms with E-state index in [0.717, 1.165) is 60.8 Å². The highest BCUT2D eigenvalue weighted by Crippen LogP contribution is 2.43. The molecule has 3 heterocycles. The van der Waals surface area contributed by atoms with Crippen LogP contribution < -0.4 is 0 Å². The van der Waals surface area contributed by atoms with Crippen LogP contribution in [-0.2, 0) is 0 Å². The summed E-state index contributed by atoms with van der Waals surface area (Å²) in [6, 6.07) is 58.6. The molecule has 0 N–H and O–H groups in total. The smallest absolute Gasteiger partial charge is 0.166 e. The van der Waals surface area contributed by atoms with Crippen LogP contribution in [0.4, 0.5) is 0 Å². The first-order chi connectivity index (χ1) is 26.3. The van der Waals surface area contributed by atoms with Gasteiger partial charge in [0.15, 0.2) is 17.5 Å². The molecule has 0 aliphatic carbocycles. The standard InChI is InChI=1S/C48H28N4O/c1-3-14-29(15-4-1)46-50-47(30-16-5-2-6-17-30)52-48(51-46)39-24-13-23-38-44(39)49-43(42-37-22-11-12-25-41(37)53-45(38)42)31-26-27-36-34-20-8-7-18-32(34)33-19-9-10-21-35(33)40(36)28-31/h1-28H. The summed E-state index contributed by atoms with van der Waals surface area (Å²) in [7, 11) is 0. The number of furan rings is 1. The van der Waals surface area contributed by atoms with Crippen LogP contribution >= 0.6 is 0 Å². The predicted octanol–water partition coefficient (Wildman–Crippen LogP) is 12.4. The highest BCUT2D eigenvalue weighted by molar-refractivity contribution is 6.26. The highest BCUT2D eigenvalue weighted by atomic mass is 16.3. The van der Waals surface area contributed by atoms with Crippen LogP contribution in [0.2, 0.25) is 0 Å². The van der Waals surface area contributed by atoms with Crippen LogP contribution in [0.3, 0.4) is 0 Å². The van der Waals surface area contributed by atoms with E-state index < -0.39 is 0 Å². The molecule has 8 aromatic carbocycles. The molecule has 0 aliphatic heterocycles. The van der Waals surface area contributed by atoms with E-state index in [1.807, 2.05) is 84.9 Å². The Hall–Kier alpha value is -7.24. The third kappa shape index (κ3) is 4.64. The second-order valence-corrected chi connectivity index (χ2v) is 13.4. The molecule has 53 heavy (non-hydrogen) atoms. The first-order valence-electron chi connectivity index (χ1n) is 17.7. The van der Waals surface area contributed by atoms with Gasteiger partial charge in [0.1, 0.15) is 11.2 Å². The van der Waals surface area contributed by atoms with Crippen LogP contribution in [-0.4, -0.2) is 19.9 Å². The maximum atomic E-state index is 6.73. The third-order valence-electron chi connectivity index (χ3n) is 10.3. The van der Waals surface area contributed by atoms with Crippen LogP contribution in [0, 0.1) is 0 Å². The molecule has 246 valence electrons. The number of aromatic nitrogens is 4. The van der Waals surface area contributed by atoms with E-state index in [2.05, 4.69) is 84.9 Å². The Kier molecular flexibility index (Phi) is 6.48. The number of hydrogen-bond acceptors (Lipinski definition) is 5. The van der Waals surface area contributed by atoms with Crippen molar-refractivity contribution in [1.82, 2.24) is 19.9 Å². The van der Waals surface area contributed by atoms with Gasteiger partial charge in [-0.1, -0.05) is 146 Å². The Labute approximate surface area is 303 Å². The maximum absolute atomic E-state index is 6.73. The third-order valence-corrected chi connectivity index (χ3v) is 10.3. The van der Waals surface area contributed by atoms with Crippen LogP contribution in [0.25, 0.3) is 111 Å². The van der Waals surface area contributed by atoms with Gasteiger partial charge >= 0.3 is 0 Å². The van der Waals surface area contributed by atoms with Crippen LogP contribution in [0.1, 0.15) is 0 Å². The van der Waals surface area contributed by atoms with Crippen molar-refractivity contribution in [3.8, 4) is 45.4 Å². The molecule has 0 amide bonds. The topological polar surface area (TPSA) is 64.7 Å². The summed E-state index contributed by atoms with van der Waals surface area (Å²) in [6.07, 6.45) is 0. The molecule has 0 fully saturated rings. The van der Waals surface area contributed by atoms with Gasteiger partial charge < -0.3 is 4.42 Å². The maximum Gasteiger partial charge on any atom is 0.166 e. The average Bonchev–Trinajstić information content (AvgIpc) is 3.64. The summed E-state index contributed by atoms with van der Waals surface area (Å²) in [4.78, 5) is 20.7. The van der Waals surface area contributed by atoms with E-state index >= 15 is 0 Å². The lowest BCUT2D eigenvalue weighted by atomic mass is 9.92. The fourth-order valence-corrected chi connectivity index (χ4v) is 7.86. The largest absolute Gasteiger partial charge is 0.455 e. The first kappa shape index (κ1) is 29.5. The van der Waals surface area contributed by atoms with E-state index in [0.29, 0.717) is 17.5 Å². The summed E-state index contributed by atoms with van der Waals surface area (Å²) < 4.78 is 6.73. The minimum atomic E-state index is 0.549. The second kappa shape index (κ2) is 11.7. The molecule has 0 unspecified atom stereocenters. The molecule has 0 bridgehead atoms. The molecule has 5 heteroatoms. The van der Waals surface area contributed by atoms with Crippen molar-refractivity contribution in [2.24, 2.45) is 0 Å². The number of rotatable bonds is 4. The van der Waals surface area contributed by atoms with Gasteiger partial charge in [-0.05, 0) is 56.6 Å². The van der Waals surface area contributed by atoms with Gasteiger partial charge in [-0.2, -0.15) is 0 Å². The van der Waals surface area contributed by atoms with Gasteiger partial charge in [0, 0.05) is 33.0 Å². The molecule has 0 saturated heterocycles. The number of nitrogens with zero attached hydrogens (tertiary/aromatic N) is 4. The predicted molar refractivity (Wildman–Crippen MR) is 217 cm³/mol. The van der Waals surface area contributed by atoms with Gasteiger partial charge in [0.05, 0.1) is 16.6 Å². The zero-order valence-corrected chi connectivity index (χ0v) is 28.4. The van der Waals surface area contributed by atoms with Crippen LogP contribution in [0.5, 0.6) is 0 Å². The fourth-order valence-electron chi connectivity index (χ4n) is 7.86. The van der Waals surface area contributed by atoms with Crippen LogP contribution in [0.15, 0.2) is 174 Å². The number of fused-ring (bicyclic) bond motifs is 11. The molecule has 0 atom stereocenters. The Bertz CT molecular complexity index is 3130. The van der Waals surface area contributed by atoms with Gasteiger partial charge in [-0.25, -0.2) is 19.9 Å². The lowest BCUT2D eigenvalue weighted by Crippen LogP contribution is -2.01. The minimum absolute atomic E-state index is 0.549. The van der Waals surface area contributed by atoms with Gasteiger partial charge in [0.2, 0.25) is 0 Å². The minimum Gasteiger partial charge on any atom is -0.455 e. The molecular weight excluding hydrogens is 649 g/mol. The Balaban J connectivity index is 1.23. The SMILES string of the molecule is c1ccc(-c2nc(-c3ccccc3)nc(-c3cccc4c3nc(-c3ccc5c6ccccc6c6ccccc6c5c3)c3c5ccccc5oc43)n2)cc1. The summed E-state index contributed by atoms with van der Waals surface area (Å²) in [5.41, 5.74) is 6.87. The highest BCUT2D eigenvalue weighted by Gasteiger charge is 2.22. The number of benzene rings is 8. The molecule has 0 aliphatic rings. The molecule has 0 spiro atoms. The van der Waals surface area contributed by atoms with Crippen molar-refractivity contribution in [2.45, 2.75) is 0 Å². The molecule has 5 nitrogen and oxygen atoms in total. The number of para-hydroxylation sites is 2. The van der Waals surface area contributed by atoms with Crippen molar-refractivity contribution < 1.29 is 4.42 Å².